The summed E-state index contributed by atoms with van der Waals surface area (Å²) in [4.78, 5) is 36.6. The minimum absolute atomic E-state index is 0.126. The Hall–Kier alpha value is -4.01. The third kappa shape index (κ3) is 5.77. The summed E-state index contributed by atoms with van der Waals surface area (Å²) in [6, 6.07) is 13.0. The number of fused-ring (bicyclic) bond motifs is 1. The Labute approximate surface area is 224 Å². The lowest BCUT2D eigenvalue weighted by atomic mass is 9.93. The van der Waals surface area contributed by atoms with Crippen LogP contribution >= 0.6 is 11.3 Å². The first-order valence-electron chi connectivity index (χ1n) is 12.5. The smallest absolute Gasteiger partial charge is 0.251 e. The van der Waals surface area contributed by atoms with E-state index < -0.39 is 11.8 Å². The number of rotatable bonds is 6. The number of nitriles is 1. The summed E-state index contributed by atoms with van der Waals surface area (Å²) in [7, 11) is 0. The molecule has 38 heavy (non-hydrogen) atoms. The van der Waals surface area contributed by atoms with Crippen molar-refractivity contribution < 1.29 is 19.1 Å². The standard InChI is InChI=1S/C27H28N6O4S/c1-16-13-33(14-17(2)37-16)24-5-3-4-21(30-24)22-15-38-27(31-22)32-25(34)12-29-26(35)18-6-7-23-20(10-18)19(11-28)8-9-36-23/h3-7,10,15-17,19H,8-9,12-14H2,1-2H3,(H,29,35)(H,31,32,34)/t16-,17+,19-/m0/s1. The van der Waals surface area contributed by atoms with Crippen molar-refractivity contribution >= 4 is 34.1 Å². The van der Waals surface area contributed by atoms with Gasteiger partial charge in [0.15, 0.2) is 5.13 Å². The second kappa shape index (κ2) is 11.2. The summed E-state index contributed by atoms with van der Waals surface area (Å²) in [5, 5.41) is 17.0. The maximum absolute atomic E-state index is 12.6. The number of nitrogens with one attached hydrogen (secondary N) is 2. The van der Waals surface area contributed by atoms with Crippen molar-refractivity contribution in [1.82, 2.24) is 15.3 Å². The zero-order valence-corrected chi connectivity index (χ0v) is 22.0. The van der Waals surface area contributed by atoms with Crippen molar-refractivity contribution in [2.45, 2.75) is 38.4 Å². The summed E-state index contributed by atoms with van der Waals surface area (Å²) >= 11 is 1.29. The van der Waals surface area contributed by atoms with Gasteiger partial charge in [0.1, 0.15) is 17.3 Å². The number of carbonyl (C=O) groups excluding carboxylic acids is 2. The van der Waals surface area contributed by atoms with Gasteiger partial charge in [-0.25, -0.2) is 9.97 Å². The van der Waals surface area contributed by atoms with E-state index in [2.05, 4.69) is 40.4 Å². The molecule has 2 aliphatic heterocycles. The molecule has 1 fully saturated rings. The first-order valence-corrected chi connectivity index (χ1v) is 13.4. The Bertz CT molecular complexity index is 1380. The van der Waals surface area contributed by atoms with E-state index in [1.54, 1.807) is 18.2 Å². The number of amides is 2. The van der Waals surface area contributed by atoms with Gasteiger partial charge in [-0.15, -0.1) is 11.3 Å². The van der Waals surface area contributed by atoms with Crippen LogP contribution in [-0.4, -0.2) is 60.2 Å². The SMILES string of the molecule is C[C@@H]1CN(c2cccc(-c3csc(NC(=O)CNC(=O)c4ccc5c(c4)[C@H](C#N)CCO5)n3)n2)C[C@H](C)O1. The van der Waals surface area contributed by atoms with E-state index >= 15 is 0 Å². The molecule has 196 valence electrons. The highest BCUT2D eigenvalue weighted by atomic mass is 32.1. The molecule has 10 nitrogen and oxygen atoms in total. The molecule has 0 bridgehead atoms. The number of morpholine rings is 1. The first kappa shape index (κ1) is 25.6. The second-order valence-corrected chi connectivity index (χ2v) is 10.2. The Balaban J connectivity index is 1.18. The van der Waals surface area contributed by atoms with Gasteiger partial charge in [0.2, 0.25) is 5.91 Å². The van der Waals surface area contributed by atoms with E-state index in [0.29, 0.717) is 46.4 Å². The van der Waals surface area contributed by atoms with Gasteiger partial charge in [0.25, 0.3) is 5.91 Å². The van der Waals surface area contributed by atoms with Gasteiger partial charge in [-0.05, 0) is 44.2 Å². The predicted octanol–water partition coefficient (Wildman–Crippen LogP) is 3.58. The minimum Gasteiger partial charge on any atom is -0.493 e. The van der Waals surface area contributed by atoms with Gasteiger partial charge >= 0.3 is 0 Å². The number of anilines is 2. The molecule has 2 N–H and O–H groups in total. The zero-order valence-electron chi connectivity index (χ0n) is 21.1. The van der Waals surface area contributed by atoms with Crippen molar-refractivity contribution in [2.24, 2.45) is 0 Å². The number of ether oxygens (including phenoxy) is 2. The van der Waals surface area contributed by atoms with Crippen LogP contribution in [0.5, 0.6) is 5.75 Å². The van der Waals surface area contributed by atoms with Crippen LogP contribution in [0.15, 0.2) is 41.8 Å². The maximum atomic E-state index is 12.6. The van der Waals surface area contributed by atoms with Gasteiger partial charge < -0.3 is 25.0 Å². The molecule has 4 heterocycles. The van der Waals surface area contributed by atoms with Crippen molar-refractivity contribution in [1.29, 1.82) is 5.26 Å². The predicted molar refractivity (Wildman–Crippen MR) is 143 cm³/mol. The third-order valence-corrected chi connectivity index (χ3v) is 7.13. The lowest BCUT2D eigenvalue weighted by Gasteiger charge is -2.36. The number of carbonyl (C=O) groups is 2. The van der Waals surface area contributed by atoms with Crippen LogP contribution in [0.2, 0.25) is 0 Å². The van der Waals surface area contributed by atoms with Crippen LogP contribution in [0.1, 0.15) is 42.1 Å². The minimum atomic E-state index is -0.405. The van der Waals surface area contributed by atoms with Crippen LogP contribution in [-0.2, 0) is 9.53 Å². The normalized spacial score (nSPS) is 20.6. The molecule has 3 aromatic rings. The van der Waals surface area contributed by atoms with Gasteiger partial charge in [-0.2, -0.15) is 5.26 Å². The van der Waals surface area contributed by atoms with Gasteiger partial charge in [0.05, 0.1) is 43.0 Å². The molecular weight excluding hydrogens is 504 g/mol. The van der Waals surface area contributed by atoms with Crippen molar-refractivity contribution in [2.75, 3.05) is 36.5 Å². The average Bonchev–Trinajstić information content (AvgIpc) is 3.39. The number of aromatic nitrogens is 2. The lowest BCUT2D eigenvalue weighted by Crippen LogP contribution is -2.45. The Morgan fingerprint density at radius 3 is 2.76 bits per heavy atom. The monoisotopic (exact) mass is 532 g/mol. The molecule has 0 spiro atoms. The Morgan fingerprint density at radius 1 is 1.16 bits per heavy atom. The molecular formula is C27H28N6O4S. The van der Waals surface area contributed by atoms with E-state index in [1.165, 1.54) is 11.3 Å². The highest BCUT2D eigenvalue weighted by Gasteiger charge is 2.24. The molecule has 3 atom stereocenters. The van der Waals surface area contributed by atoms with Gasteiger partial charge in [0, 0.05) is 36.0 Å². The van der Waals surface area contributed by atoms with Crippen LogP contribution in [0.4, 0.5) is 10.9 Å². The molecule has 0 unspecified atom stereocenters. The Morgan fingerprint density at radius 2 is 1.97 bits per heavy atom. The summed E-state index contributed by atoms with van der Waals surface area (Å²) in [6.07, 6.45) is 0.834. The van der Waals surface area contributed by atoms with Crippen LogP contribution in [0, 0.1) is 11.3 Å². The Kier molecular flexibility index (Phi) is 7.53. The molecule has 2 aromatic heterocycles. The first-order chi connectivity index (χ1) is 18.4. The van der Waals surface area contributed by atoms with E-state index in [0.717, 1.165) is 18.9 Å². The van der Waals surface area contributed by atoms with Crippen LogP contribution < -0.4 is 20.3 Å². The molecule has 1 saturated heterocycles. The fourth-order valence-corrected chi connectivity index (χ4v) is 5.37. The highest BCUT2D eigenvalue weighted by molar-refractivity contribution is 7.14. The highest BCUT2D eigenvalue weighted by Crippen LogP contribution is 2.34. The molecule has 2 amide bonds. The third-order valence-electron chi connectivity index (χ3n) is 6.37. The number of thiazole rings is 1. The second-order valence-electron chi connectivity index (χ2n) is 9.38. The van der Waals surface area contributed by atoms with E-state index in [9.17, 15) is 14.9 Å². The molecule has 0 aliphatic carbocycles. The average molecular weight is 533 g/mol. The molecule has 0 radical (unpaired) electrons. The van der Waals surface area contributed by atoms with Crippen molar-refractivity contribution in [3.05, 3.63) is 52.9 Å². The number of pyridine rings is 1. The zero-order chi connectivity index (χ0) is 26.6. The fourth-order valence-electron chi connectivity index (χ4n) is 4.65. The van der Waals surface area contributed by atoms with Gasteiger partial charge in [-0.1, -0.05) is 6.07 Å². The molecule has 11 heteroatoms. The molecule has 0 saturated carbocycles. The number of hydrogen-bond acceptors (Lipinski definition) is 9. The molecule has 2 aliphatic rings. The number of hydrogen-bond donors (Lipinski definition) is 2. The maximum Gasteiger partial charge on any atom is 0.251 e. The summed E-state index contributed by atoms with van der Waals surface area (Å²) in [5.41, 5.74) is 2.44. The molecule has 1 aromatic carbocycles. The summed E-state index contributed by atoms with van der Waals surface area (Å²) < 4.78 is 11.4. The topological polar surface area (TPSA) is 129 Å². The quantitative estimate of drug-likeness (QED) is 0.493. The summed E-state index contributed by atoms with van der Waals surface area (Å²) in [5.74, 6) is 0.364. The van der Waals surface area contributed by atoms with Crippen LogP contribution in [0.3, 0.4) is 0 Å². The van der Waals surface area contributed by atoms with Gasteiger partial charge in [-0.3, -0.25) is 9.59 Å². The van der Waals surface area contributed by atoms with Crippen LogP contribution in [0.25, 0.3) is 11.4 Å². The van der Waals surface area contributed by atoms with E-state index in [4.69, 9.17) is 14.5 Å². The fraction of sp³-hybridized carbons (Fsp3) is 0.370. The largest absolute Gasteiger partial charge is 0.493 e. The summed E-state index contributed by atoms with van der Waals surface area (Å²) in [6.45, 7) is 5.89. The number of benzene rings is 1. The molecule has 5 rings (SSSR count). The van der Waals surface area contributed by atoms with E-state index in [1.807, 2.05) is 23.6 Å². The lowest BCUT2D eigenvalue weighted by molar-refractivity contribution is -0.115. The van der Waals surface area contributed by atoms with Crippen molar-refractivity contribution in [3.8, 4) is 23.2 Å². The van der Waals surface area contributed by atoms with E-state index in [-0.39, 0.29) is 24.7 Å². The van der Waals surface area contributed by atoms with Crippen molar-refractivity contribution in [3.63, 3.8) is 0 Å². The number of nitrogens with zero attached hydrogens (tertiary/aromatic N) is 4.